The maximum absolute atomic E-state index is 6.36. The molecule has 0 aliphatic carbocycles. The van der Waals surface area contributed by atoms with Crippen LogP contribution in [0.3, 0.4) is 0 Å². The number of benzene rings is 2. The van der Waals surface area contributed by atoms with Crippen LogP contribution in [-0.4, -0.2) is 25.8 Å². The second kappa shape index (κ2) is 7.59. The fraction of sp³-hybridized carbons (Fsp3) is 0.333. The van der Waals surface area contributed by atoms with Gasteiger partial charge in [-0.25, -0.2) is 0 Å². The first-order chi connectivity index (χ1) is 10.8. The molecule has 2 aromatic carbocycles. The van der Waals surface area contributed by atoms with Crippen molar-refractivity contribution in [3.05, 3.63) is 71.8 Å². The molecule has 3 atom stereocenters. The summed E-state index contributed by atoms with van der Waals surface area (Å²) in [6.07, 6.45) is 2.83. The third kappa shape index (κ3) is 4.20. The highest BCUT2D eigenvalue weighted by Crippen LogP contribution is 2.17. The summed E-state index contributed by atoms with van der Waals surface area (Å²) in [5, 5.41) is 3.31. The average Bonchev–Trinajstić information content (AvgIpc) is 2.57. The zero-order valence-electron chi connectivity index (χ0n) is 12.7. The van der Waals surface area contributed by atoms with Gasteiger partial charge >= 0.3 is 7.62 Å². The van der Waals surface area contributed by atoms with Gasteiger partial charge in [-0.3, -0.25) is 0 Å². The Hall–Kier alpha value is -1.62. The number of rotatable bonds is 5. The van der Waals surface area contributed by atoms with E-state index in [0.717, 1.165) is 19.3 Å². The summed E-state index contributed by atoms with van der Waals surface area (Å²) in [6.45, 7) is 0. The molecule has 1 unspecified atom stereocenters. The predicted molar refractivity (Wildman–Crippen MR) is 90.4 cm³/mol. The zero-order valence-corrected chi connectivity index (χ0v) is 12.7. The van der Waals surface area contributed by atoms with Gasteiger partial charge in [-0.2, -0.15) is 0 Å². The highest BCUT2D eigenvalue weighted by atomic mass is 16.4. The Balaban J connectivity index is 1.56. The van der Waals surface area contributed by atoms with Gasteiger partial charge in [-0.05, 0) is 30.4 Å². The van der Waals surface area contributed by atoms with E-state index in [9.17, 15) is 0 Å². The van der Waals surface area contributed by atoms with E-state index < -0.39 is 0 Å². The molecule has 3 nitrogen and oxygen atoms in total. The van der Waals surface area contributed by atoms with E-state index >= 15 is 0 Å². The molecule has 0 saturated carbocycles. The lowest BCUT2D eigenvalue weighted by molar-refractivity contribution is 0.129. The molecule has 0 bridgehead atoms. The minimum atomic E-state index is 0.0130. The Bertz CT molecular complexity index is 524. The zero-order chi connectivity index (χ0) is 15.2. The molecule has 1 radical (unpaired) electrons. The molecule has 1 aliphatic rings. The fourth-order valence-corrected chi connectivity index (χ4v) is 2.96. The standard InChI is InChI=1S/C18H22BN2O/c20-17(12-15-9-5-2-6-10-15)18-13-16(21-19-22-18)11-14-7-3-1-4-8-14/h1-10,16-18,21H,11-13,20H2/t16-,17?,18-/m0/s1. The quantitative estimate of drug-likeness (QED) is 0.830. The number of hydrogen-bond donors (Lipinski definition) is 2. The molecule has 113 valence electrons. The summed E-state index contributed by atoms with van der Waals surface area (Å²) >= 11 is 0. The van der Waals surface area contributed by atoms with Crippen molar-refractivity contribution in [2.24, 2.45) is 5.73 Å². The van der Waals surface area contributed by atoms with Crippen LogP contribution in [0.25, 0.3) is 0 Å². The topological polar surface area (TPSA) is 47.3 Å². The van der Waals surface area contributed by atoms with Crippen molar-refractivity contribution in [3.8, 4) is 0 Å². The minimum absolute atomic E-state index is 0.0130. The highest BCUT2D eigenvalue weighted by molar-refractivity contribution is 6.24. The predicted octanol–water partition coefficient (Wildman–Crippen LogP) is 2.08. The Morgan fingerprint density at radius 3 is 2.36 bits per heavy atom. The van der Waals surface area contributed by atoms with Gasteiger partial charge in [0, 0.05) is 12.1 Å². The van der Waals surface area contributed by atoms with Gasteiger partial charge in [0.25, 0.3) is 0 Å². The highest BCUT2D eigenvalue weighted by Gasteiger charge is 2.27. The van der Waals surface area contributed by atoms with Crippen LogP contribution in [0.1, 0.15) is 17.5 Å². The van der Waals surface area contributed by atoms with E-state index in [4.69, 9.17) is 10.4 Å². The molecule has 1 heterocycles. The van der Waals surface area contributed by atoms with Crippen LogP contribution in [0.15, 0.2) is 60.7 Å². The van der Waals surface area contributed by atoms with Crippen molar-refractivity contribution < 1.29 is 4.65 Å². The van der Waals surface area contributed by atoms with Gasteiger partial charge in [0.2, 0.25) is 0 Å². The van der Waals surface area contributed by atoms with E-state index in [1.165, 1.54) is 11.1 Å². The molecule has 2 aromatic rings. The normalized spacial score (nSPS) is 22.8. The average molecular weight is 293 g/mol. The summed E-state index contributed by atoms with van der Waals surface area (Å²) in [6, 6.07) is 21.3. The molecule has 0 amide bonds. The Kier molecular flexibility index (Phi) is 5.27. The monoisotopic (exact) mass is 293 g/mol. The maximum atomic E-state index is 6.36. The lowest BCUT2D eigenvalue weighted by Gasteiger charge is -2.33. The van der Waals surface area contributed by atoms with Gasteiger partial charge in [0.05, 0.1) is 6.10 Å². The van der Waals surface area contributed by atoms with Crippen LogP contribution in [0, 0.1) is 0 Å². The Labute approximate surface area is 133 Å². The van der Waals surface area contributed by atoms with Gasteiger partial charge in [-0.1, -0.05) is 60.7 Å². The largest absolute Gasteiger partial charge is 0.420 e. The third-order valence-corrected chi connectivity index (χ3v) is 4.18. The van der Waals surface area contributed by atoms with E-state index in [0.29, 0.717) is 6.04 Å². The molecule has 3 N–H and O–H groups in total. The van der Waals surface area contributed by atoms with Crippen molar-refractivity contribution in [3.63, 3.8) is 0 Å². The van der Waals surface area contributed by atoms with Crippen molar-refractivity contribution in [1.29, 1.82) is 0 Å². The first kappa shape index (κ1) is 15.3. The molecule has 0 spiro atoms. The van der Waals surface area contributed by atoms with Gasteiger partial charge in [0.1, 0.15) is 0 Å². The van der Waals surface area contributed by atoms with Gasteiger partial charge < -0.3 is 15.6 Å². The molecule has 1 aliphatic heterocycles. The van der Waals surface area contributed by atoms with Crippen LogP contribution in [0.5, 0.6) is 0 Å². The first-order valence-electron chi connectivity index (χ1n) is 7.88. The first-order valence-corrected chi connectivity index (χ1v) is 7.88. The van der Waals surface area contributed by atoms with Gasteiger partial charge in [0.15, 0.2) is 0 Å². The summed E-state index contributed by atoms with van der Waals surface area (Å²) in [5.41, 5.74) is 8.96. The van der Waals surface area contributed by atoms with Crippen molar-refractivity contribution in [1.82, 2.24) is 5.23 Å². The lowest BCUT2D eigenvalue weighted by Crippen LogP contribution is -2.52. The third-order valence-electron chi connectivity index (χ3n) is 4.18. The molecular formula is C18H22BN2O. The minimum Gasteiger partial charge on any atom is -0.420 e. The SMILES string of the molecule is NC(Cc1ccccc1)[C@@H]1C[C@H](Cc2ccccc2)N[B]O1. The Morgan fingerprint density at radius 1 is 1.05 bits per heavy atom. The fourth-order valence-electron chi connectivity index (χ4n) is 2.96. The molecule has 22 heavy (non-hydrogen) atoms. The molecule has 0 aromatic heterocycles. The summed E-state index contributed by atoms with van der Waals surface area (Å²) in [5.74, 6) is 0. The smallest absolute Gasteiger partial charge is 0.396 e. The van der Waals surface area contributed by atoms with Gasteiger partial charge in [-0.15, -0.1) is 0 Å². The van der Waals surface area contributed by atoms with E-state index in [-0.39, 0.29) is 12.1 Å². The van der Waals surface area contributed by atoms with Crippen LogP contribution in [0.4, 0.5) is 0 Å². The molecule has 1 saturated heterocycles. The Morgan fingerprint density at radius 2 is 1.68 bits per heavy atom. The molecule has 1 fully saturated rings. The van der Waals surface area contributed by atoms with Crippen LogP contribution < -0.4 is 11.0 Å². The number of nitrogens with one attached hydrogen (secondary N) is 1. The second-order valence-corrected chi connectivity index (χ2v) is 5.93. The number of hydrogen-bond acceptors (Lipinski definition) is 3. The van der Waals surface area contributed by atoms with E-state index in [1.807, 2.05) is 12.1 Å². The van der Waals surface area contributed by atoms with Crippen molar-refractivity contribution >= 4 is 7.62 Å². The molecule has 4 heteroatoms. The lowest BCUT2D eigenvalue weighted by atomic mass is 9.89. The summed E-state index contributed by atoms with van der Waals surface area (Å²) in [7, 11) is 1.71. The van der Waals surface area contributed by atoms with Crippen LogP contribution >= 0.6 is 0 Å². The number of nitrogens with two attached hydrogens (primary N) is 1. The van der Waals surface area contributed by atoms with Crippen molar-refractivity contribution in [2.75, 3.05) is 0 Å². The summed E-state index contributed by atoms with van der Waals surface area (Å²) in [4.78, 5) is 0. The van der Waals surface area contributed by atoms with E-state index in [2.05, 4.69) is 53.8 Å². The maximum Gasteiger partial charge on any atom is 0.396 e. The van der Waals surface area contributed by atoms with Crippen LogP contribution in [0.2, 0.25) is 0 Å². The van der Waals surface area contributed by atoms with E-state index in [1.54, 1.807) is 7.62 Å². The molecular weight excluding hydrogens is 271 g/mol. The van der Waals surface area contributed by atoms with Crippen LogP contribution in [-0.2, 0) is 17.5 Å². The van der Waals surface area contributed by atoms with Crippen molar-refractivity contribution in [2.45, 2.75) is 37.5 Å². The molecule has 3 rings (SSSR count). The second-order valence-electron chi connectivity index (χ2n) is 5.93. The summed E-state index contributed by atoms with van der Waals surface area (Å²) < 4.78 is 5.72.